The lowest BCUT2D eigenvalue weighted by Gasteiger charge is -2.47. The van der Waals surface area contributed by atoms with Crippen molar-refractivity contribution in [1.29, 1.82) is 0 Å². The molecule has 0 rings (SSSR count). The van der Waals surface area contributed by atoms with Crippen LogP contribution >= 0.6 is 24.0 Å². The Morgan fingerprint density at radius 3 is 1.31 bits per heavy atom. The first-order valence-corrected chi connectivity index (χ1v) is 7.01. The van der Waals surface area contributed by atoms with Crippen LogP contribution in [0.4, 0.5) is 0 Å². The van der Waals surface area contributed by atoms with Crippen LogP contribution in [0.15, 0.2) is 0 Å². The van der Waals surface area contributed by atoms with Gasteiger partial charge in [-0.2, -0.15) is 0 Å². The Hall–Kier alpha value is 0.240. The summed E-state index contributed by atoms with van der Waals surface area (Å²) in [5, 5.41) is 0. The molecule has 0 unspecified atom stereocenters. The number of hydrogen-bond acceptors (Lipinski definition) is 2. The molecule has 0 saturated carbocycles. The molecule has 0 aromatic carbocycles. The molecule has 0 heterocycles. The van der Waals surface area contributed by atoms with Crippen molar-refractivity contribution in [2.24, 2.45) is 0 Å². The van der Waals surface area contributed by atoms with E-state index in [4.69, 9.17) is 12.2 Å². The van der Waals surface area contributed by atoms with Crippen LogP contribution in [-0.2, 0) is 0 Å². The van der Waals surface area contributed by atoms with Gasteiger partial charge in [-0.3, -0.25) is 0 Å². The fourth-order valence-electron chi connectivity index (χ4n) is 1.86. The monoisotopic (exact) mass is 261 g/mol. The minimum Gasteiger partial charge on any atom is -0.348 e. The number of thioether (sulfide) groups is 1. The largest absolute Gasteiger partial charge is 0.348 e. The molecule has 1 nitrogen and oxygen atoms in total. The number of hydrogen-bond donors (Lipinski definition) is 0. The minimum absolute atomic E-state index is 0.0631. The number of nitrogens with zero attached hydrogens (tertiary/aromatic N) is 1. The van der Waals surface area contributed by atoms with E-state index in [0.717, 1.165) is 4.32 Å². The van der Waals surface area contributed by atoms with Gasteiger partial charge < -0.3 is 4.90 Å². The van der Waals surface area contributed by atoms with Crippen molar-refractivity contribution in [3.05, 3.63) is 0 Å². The van der Waals surface area contributed by atoms with Gasteiger partial charge in [0.15, 0.2) is 0 Å². The SMILES string of the molecule is CC(C)(C)SC(=S)N(C(C)(C)C)C(C)(C)C. The Bertz CT molecular complexity index is 237. The molecule has 0 aromatic rings. The van der Waals surface area contributed by atoms with Crippen molar-refractivity contribution in [3.8, 4) is 0 Å². The van der Waals surface area contributed by atoms with Gasteiger partial charge >= 0.3 is 0 Å². The molecule has 0 aromatic heterocycles. The average Bonchev–Trinajstić information content (AvgIpc) is 1.70. The summed E-state index contributed by atoms with van der Waals surface area (Å²) in [5.41, 5.74) is 0.126. The van der Waals surface area contributed by atoms with Crippen LogP contribution < -0.4 is 0 Å². The van der Waals surface area contributed by atoms with Gasteiger partial charge in [0.2, 0.25) is 0 Å². The van der Waals surface area contributed by atoms with Crippen LogP contribution in [-0.4, -0.2) is 25.0 Å². The molecule has 0 atom stereocenters. The summed E-state index contributed by atoms with van der Waals surface area (Å²) in [6.07, 6.45) is 0. The van der Waals surface area contributed by atoms with Crippen LogP contribution in [0.5, 0.6) is 0 Å². The molecule has 0 fully saturated rings. The van der Waals surface area contributed by atoms with Crippen molar-refractivity contribution >= 4 is 28.3 Å². The summed E-state index contributed by atoms with van der Waals surface area (Å²) in [4.78, 5) is 2.34. The summed E-state index contributed by atoms with van der Waals surface area (Å²) >= 11 is 7.38. The maximum atomic E-state index is 5.61. The van der Waals surface area contributed by atoms with Crippen LogP contribution in [0.1, 0.15) is 62.3 Å². The summed E-state index contributed by atoms with van der Waals surface area (Å²) in [5.74, 6) is 0. The van der Waals surface area contributed by atoms with Gasteiger partial charge in [-0.15, -0.1) is 0 Å². The highest BCUT2D eigenvalue weighted by Gasteiger charge is 2.34. The molecule has 3 heteroatoms. The van der Waals surface area contributed by atoms with E-state index in [2.05, 4.69) is 67.2 Å². The first kappa shape index (κ1) is 16.2. The predicted octanol–water partition coefficient (Wildman–Crippen LogP) is 4.70. The predicted molar refractivity (Wildman–Crippen MR) is 81.3 cm³/mol. The molecule has 16 heavy (non-hydrogen) atoms. The minimum atomic E-state index is 0.0631. The quantitative estimate of drug-likeness (QED) is 0.582. The maximum absolute atomic E-state index is 5.61. The topological polar surface area (TPSA) is 3.24 Å². The van der Waals surface area contributed by atoms with E-state index in [-0.39, 0.29) is 15.8 Å². The molecular formula is C13H27NS2. The highest BCUT2D eigenvalue weighted by Crippen LogP contribution is 2.34. The third kappa shape index (κ3) is 5.53. The normalized spacial score (nSPS) is 13.8. The Balaban J connectivity index is 5.03. The van der Waals surface area contributed by atoms with Crippen LogP contribution in [0, 0.1) is 0 Å². The second kappa shape index (κ2) is 4.85. The van der Waals surface area contributed by atoms with E-state index >= 15 is 0 Å². The van der Waals surface area contributed by atoms with Crippen LogP contribution in [0.3, 0.4) is 0 Å². The zero-order valence-electron chi connectivity index (χ0n) is 12.3. The lowest BCUT2D eigenvalue weighted by Crippen LogP contribution is -2.54. The van der Waals surface area contributed by atoms with E-state index in [1.807, 2.05) is 0 Å². The smallest absolute Gasteiger partial charge is 0.137 e. The van der Waals surface area contributed by atoms with Crippen molar-refractivity contribution < 1.29 is 0 Å². The summed E-state index contributed by atoms with van der Waals surface area (Å²) in [7, 11) is 0. The second-order valence-electron chi connectivity index (χ2n) is 7.16. The van der Waals surface area contributed by atoms with Gasteiger partial charge in [0.05, 0.1) is 0 Å². The standard InChI is InChI=1S/C13H27NS2/c1-11(2,3)14(12(4,5)6)10(15)16-13(7,8)9/h1-9H3. The molecule has 0 bridgehead atoms. The van der Waals surface area contributed by atoms with E-state index in [9.17, 15) is 0 Å². The van der Waals surface area contributed by atoms with Crippen molar-refractivity contribution in [2.75, 3.05) is 0 Å². The fourth-order valence-corrected chi connectivity index (χ4v) is 4.32. The lowest BCUT2D eigenvalue weighted by molar-refractivity contribution is 0.131. The molecule has 0 aliphatic heterocycles. The Labute approximate surface area is 111 Å². The Morgan fingerprint density at radius 1 is 0.812 bits per heavy atom. The van der Waals surface area contributed by atoms with Crippen LogP contribution in [0.2, 0.25) is 0 Å². The van der Waals surface area contributed by atoms with E-state index in [1.165, 1.54) is 0 Å². The van der Waals surface area contributed by atoms with E-state index in [0.29, 0.717) is 0 Å². The maximum Gasteiger partial charge on any atom is 0.137 e. The lowest BCUT2D eigenvalue weighted by atomic mass is 9.97. The molecule has 0 N–H and O–H groups in total. The van der Waals surface area contributed by atoms with Gasteiger partial charge in [-0.1, -0.05) is 44.8 Å². The zero-order chi connectivity index (χ0) is 13.4. The Morgan fingerprint density at radius 2 is 1.12 bits per heavy atom. The first-order valence-electron chi connectivity index (χ1n) is 5.78. The Kier molecular flexibility index (Phi) is 4.92. The summed E-state index contributed by atoms with van der Waals surface area (Å²) in [6.45, 7) is 19.9. The molecule has 0 aliphatic rings. The number of rotatable bonds is 0. The van der Waals surface area contributed by atoms with Crippen molar-refractivity contribution in [3.63, 3.8) is 0 Å². The third-order valence-electron chi connectivity index (χ3n) is 1.92. The molecular weight excluding hydrogens is 234 g/mol. The molecule has 0 radical (unpaired) electrons. The zero-order valence-corrected chi connectivity index (χ0v) is 13.9. The van der Waals surface area contributed by atoms with Crippen molar-refractivity contribution in [1.82, 2.24) is 4.90 Å². The number of thiocarbonyl (C=S) groups is 1. The third-order valence-corrected chi connectivity index (χ3v) is 3.32. The average molecular weight is 262 g/mol. The van der Waals surface area contributed by atoms with E-state index < -0.39 is 0 Å². The van der Waals surface area contributed by atoms with Crippen LogP contribution in [0.25, 0.3) is 0 Å². The fraction of sp³-hybridized carbons (Fsp3) is 0.923. The molecule has 96 valence electrons. The van der Waals surface area contributed by atoms with Gasteiger partial charge in [-0.05, 0) is 41.5 Å². The highest BCUT2D eigenvalue weighted by molar-refractivity contribution is 8.23. The van der Waals surface area contributed by atoms with Gasteiger partial charge in [0.1, 0.15) is 4.32 Å². The molecule has 0 aliphatic carbocycles. The molecule has 0 spiro atoms. The molecule has 0 amide bonds. The highest BCUT2D eigenvalue weighted by atomic mass is 32.2. The van der Waals surface area contributed by atoms with Crippen molar-refractivity contribution in [2.45, 2.75) is 78.1 Å². The molecule has 0 saturated heterocycles. The summed E-state index contributed by atoms with van der Waals surface area (Å²) < 4.78 is 1.17. The van der Waals surface area contributed by atoms with Gasteiger partial charge in [0, 0.05) is 15.8 Å². The van der Waals surface area contributed by atoms with Gasteiger partial charge in [-0.25, -0.2) is 0 Å². The summed E-state index contributed by atoms with van der Waals surface area (Å²) in [6, 6.07) is 0. The van der Waals surface area contributed by atoms with E-state index in [1.54, 1.807) is 11.8 Å². The second-order valence-corrected chi connectivity index (χ2v) is 9.62. The first-order chi connectivity index (χ1) is 6.75. The van der Waals surface area contributed by atoms with Gasteiger partial charge in [0.25, 0.3) is 0 Å².